The minimum absolute atomic E-state index is 0.0374. The SMILES string of the molecule is COC(=O)C(C)C(C)NC(C)CC(N)=O. The fourth-order valence-corrected chi connectivity index (χ4v) is 1.34. The van der Waals surface area contributed by atoms with E-state index in [2.05, 4.69) is 10.1 Å². The van der Waals surface area contributed by atoms with Crippen molar-refractivity contribution in [3.05, 3.63) is 0 Å². The van der Waals surface area contributed by atoms with Gasteiger partial charge in [0.1, 0.15) is 0 Å². The van der Waals surface area contributed by atoms with E-state index in [1.165, 1.54) is 7.11 Å². The first kappa shape index (κ1) is 13.9. The van der Waals surface area contributed by atoms with Gasteiger partial charge >= 0.3 is 5.97 Å². The number of hydrogen-bond acceptors (Lipinski definition) is 4. The van der Waals surface area contributed by atoms with E-state index in [9.17, 15) is 9.59 Å². The van der Waals surface area contributed by atoms with Crippen molar-refractivity contribution >= 4 is 11.9 Å². The topological polar surface area (TPSA) is 81.4 Å². The Morgan fingerprint density at radius 1 is 1.33 bits per heavy atom. The number of rotatable bonds is 6. The van der Waals surface area contributed by atoms with Gasteiger partial charge in [-0.05, 0) is 13.8 Å². The van der Waals surface area contributed by atoms with Crippen molar-refractivity contribution in [2.75, 3.05) is 7.11 Å². The molecular formula is C10H20N2O3. The zero-order valence-corrected chi connectivity index (χ0v) is 9.74. The van der Waals surface area contributed by atoms with Gasteiger partial charge in [-0.15, -0.1) is 0 Å². The summed E-state index contributed by atoms with van der Waals surface area (Å²) in [5.41, 5.74) is 5.06. The van der Waals surface area contributed by atoms with Crippen LogP contribution >= 0.6 is 0 Å². The molecule has 15 heavy (non-hydrogen) atoms. The fraction of sp³-hybridized carbons (Fsp3) is 0.800. The number of ether oxygens (including phenoxy) is 1. The van der Waals surface area contributed by atoms with E-state index in [4.69, 9.17) is 5.73 Å². The minimum atomic E-state index is -0.354. The van der Waals surface area contributed by atoms with Crippen molar-refractivity contribution in [2.24, 2.45) is 11.7 Å². The smallest absolute Gasteiger partial charge is 0.309 e. The van der Waals surface area contributed by atoms with Crippen LogP contribution in [0, 0.1) is 5.92 Å². The maximum Gasteiger partial charge on any atom is 0.309 e. The number of esters is 1. The third-order valence-corrected chi connectivity index (χ3v) is 2.38. The van der Waals surface area contributed by atoms with Gasteiger partial charge in [-0.1, -0.05) is 6.92 Å². The van der Waals surface area contributed by atoms with E-state index < -0.39 is 0 Å². The number of nitrogens with two attached hydrogens (primary N) is 1. The van der Waals surface area contributed by atoms with E-state index in [-0.39, 0.29) is 36.3 Å². The zero-order chi connectivity index (χ0) is 12.0. The average molecular weight is 216 g/mol. The molecule has 0 radical (unpaired) electrons. The molecule has 3 atom stereocenters. The molecule has 5 heteroatoms. The number of amides is 1. The number of carbonyl (C=O) groups excluding carboxylic acids is 2. The van der Waals surface area contributed by atoms with Gasteiger partial charge in [0, 0.05) is 18.5 Å². The summed E-state index contributed by atoms with van der Waals surface area (Å²) in [6.45, 7) is 5.50. The Morgan fingerprint density at radius 2 is 1.87 bits per heavy atom. The average Bonchev–Trinajstić information content (AvgIpc) is 2.13. The lowest BCUT2D eigenvalue weighted by atomic mass is 10.0. The van der Waals surface area contributed by atoms with Gasteiger partial charge in [-0.3, -0.25) is 9.59 Å². The summed E-state index contributed by atoms with van der Waals surface area (Å²) in [4.78, 5) is 21.8. The van der Waals surface area contributed by atoms with E-state index in [0.29, 0.717) is 0 Å². The van der Waals surface area contributed by atoms with Gasteiger partial charge in [0.15, 0.2) is 0 Å². The first-order chi connectivity index (χ1) is 6.88. The highest BCUT2D eigenvalue weighted by molar-refractivity contribution is 5.74. The number of methoxy groups -OCH3 is 1. The second kappa shape index (κ2) is 6.40. The molecule has 88 valence electrons. The first-order valence-electron chi connectivity index (χ1n) is 5.00. The van der Waals surface area contributed by atoms with Crippen LogP contribution < -0.4 is 11.1 Å². The molecule has 0 aromatic rings. The third-order valence-electron chi connectivity index (χ3n) is 2.38. The summed E-state index contributed by atoms with van der Waals surface area (Å²) in [6, 6.07) is -0.0867. The number of hydrogen-bond donors (Lipinski definition) is 2. The highest BCUT2D eigenvalue weighted by atomic mass is 16.5. The second-order valence-corrected chi connectivity index (χ2v) is 3.84. The number of nitrogens with one attached hydrogen (secondary N) is 1. The Balaban J connectivity index is 4.06. The normalized spacial score (nSPS) is 16.5. The number of carbonyl (C=O) groups is 2. The highest BCUT2D eigenvalue weighted by Crippen LogP contribution is 2.06. The monoisotopic (exact) mass is 216 g/mol. The Bertz CT molecular complexity index is 231. The molecule has 0 saturated heterocycles. The number of primary amides is 1. The Morgan fingerprint density at radius 3 is 2.27 bits per heavy atom. The standard InChI is InChI=1S/C10H20N2O3/c1-6(5-9(11)13)12-8(3)7(2)10(14)15-4/h6-8,12H,5H2,1-4H3,(H2,11,13). The molecule has 0 rings (SSSR count). The van der Waals surface area contributed by atoms with Gasteiger partial charge < -0.3 is 15.8 Å². The molecule has 0 saturated carbocycles. The summed E-state index contributed by atoms with van der Waals surface area (Å²) in [5, 5.41) is 3.12. The lowest BCUT2D eigenvalue weighted by molar-refractivity contribution is -0.145. The molecule has 1 amide bonds. The molecule has 3 unspecified atom stereocenters. The second-order valence-electron chi connectivity index (χ2n) is 3.84. The Kier molecular flexibility index (Phi) is 5.93. The van der Waals surface area contributed by atoms with Crippen LogP contribution in [0.1, 0.15) is 27.2 Å². The molecule has 0 aliphatic heterocycles. The van der Waals surface area contributed by atoms with Gasteiger partial charge in [-0.25, -0.2) is 0 Å². The summed E-state index contributed by atoms with van der Waals surface area (Å²) in [5.74, 6) is -0.862. The van der Waals surface area contributed by atoms with Crippen molar-refractivity contribution < 1.29 is 14.3 Å². The molecule has 0 aliphatic rings. The summed E-state index contributed by atoms with van der Waals surface area (Å²) >= 11 is 0. The molecule has 0 spiro atoms. The largest absolute Gasteiger partial charge is 0.469 e. The molecule has 0 aliphatic carbocycles. The van der Waals surface area contributed by atoms with Crippen LogP contribution in [0.2, 0.25) is 0 Å². The minimum Gasteiger partial charge on any atom is -0.469 e. The first-order valence-corrected chi connectivity index (χ1v) is 5.00. The lowest BCUT2D eigenvalue weighted by Gasteiger charge is -2.22. The van der Waals surface area contributed by atoms with E-state index >= 15 is 0 Å². The maximum atomic E-state index is 11.2. The van der Waals surface area contributed by atoms with Crippen molar-refractivity contribution in [3.63, 3.8) is 0 Å². The van der Waals surface area contributed by atoms with Crippen LogP contribution in [0.25, 0.3) is 0 Å². The van der Waals surface area contributed by atoms with Crippen LogP contribution in [0.15, 0.2) is 0 Å². The summed E-state index contributed by atoms with van der Waals surface area (Å²) < 4.78 is 4.63. The highest BCUT2D eigenvalue weighted by Gasteiger charge is 2.22. The maximum absolute atomic E-state index is 11.2. The van der Waals surface area contributed by atoms with Crippen LogP contribution in [0.4, 0.5) is 0 Å². The predicted molar refractivity (Wildman–Crippen MR) is 57.1 cm³/mol. The van der Waals surface area contributed by atoms with Crippen LogP contribution in [-0.4, -0.2) is 31.1 Å². The van der Waals surface area contributed by atoms with Crippen LogP contribution in [0.3, 0.4) is 0 Å². The predicted octanol–water partition coefficient (Wildman–Crippen LogP) is 0.0375. The van der Waals surface area contributed by atoms with Crippen molar-refractivity contribution in [2.45, 2.75) is 39.3 Å². The van der Waals surface area contributed by atoms with E-state index in [1.807, 2.05) is 13.8 Å². The summed E-state index contributed by atoms with van der Waals surface area (Å²) in [6.07, 6.45) is 0.262. The Hall–Kier alpha value is -1.10. The molecule has 0 aromatic heterocycles. The zero-order valence-electron chi connectivity index (χ0n) is 9.74. The molecular weight excluding hydrogens is 196 g/mol. The molecule has 3 N–H and O–H groups in total. The molecule has 0 bridgehead atoms. The van der Waals surface area contributed by atoms with Crippen molar-refractivity contribution in [3.8, 4) is 0 Å². The van der Waals surface area contributed by atoms with Gasteiger partial charge in [0.05, 0.1) is 13.0 Å². The molecule has 0 fully saturated rings. The van der Waals surface area contributed by atoms with Crippen molar-refractivity contribution in [1.29, 1.82) is 0 Å². The quantitative estimate of drug-likeness (QED) is 0.614. The van der Waals surface area contributed by atoms with Crippen LogP contribution in [-0.2, 0) is 14.3 Å². The third kappa shape index (κ3) is 5.37. The molecule has 5 nitrogen and oxygen atoms in total. The molecule has 0 heterocycles. The van der Waals surface area contributed by atoms with E-state index in [1.54, 1.807) is 6.92 Å². The Labute approximate surface area is 90.4 Å². The van der Waals surface area contributed by atoms with Crippen LogP contribution in [0.5, 0.6) is 0 Å². The van der Waals surface area contributed by atoms with Gasteiger partial charge in [0.2, 0.25) is 5.91 Å². The van der Waals surface area contributed by atoms with Gasteiger partial charge in [0.25, 0.3) is 0 Å². The lowest BCUT2D eigenvalue weighted by Crippen LogP contribution is -2.43. The summed E-state index contributed by atoms with van der Waals surface area (Å²) in [7, 11) is 1.36. The van der Waals surface area contributed by atoms with Gasteiger partial charge in [-0.2, -0.15) is 0 Å². The van der Waals surface area contributed by atoms with E-state index in [0.717, 1.165) is 0 Å². The van der Waals surface area contributed by atoms with Crippen molar-refractivity contribution in [1.82, 2.24) is 5.32 Å². The fourth-order valence-electron chi connectivity index (χ4n) is 1.34. The molecule has 0 aromatic carbocycles.